The number of anilines is 1. The van der Waals surface area contributed by atoms with Gasteiger partial charge in [0, 0.05) is 31.7 Å². The molecule has 2 fully saturated rings. The minimum Gasteiger partial charge on any atom is -0.497 e. The minimum atomic E-state index is -0.00730. The molecule has 1 unspecified atom stereocenters. The van der Waals surface area contributed by atoms with E-state index in [-0.39, 0.29) is 18.3 Å². The van der Waals surface area contributed by atoms with E-state index in [1.54, 1.807) is 7.11 Å². The number of ether oxygens (including phenoxy) is 1. The fraction of sp³-hybridized carbons (Fsp3) is 0.524. The van der Waals surface area contributed by atoms with Crippen molar-refractivity contribution in [3.8, 4) is 17.1 Å². The van der Waals surface area contributed by atoms with Crippen LogP contribution in [0.2, 0.25) is 0 Å². The summed E-state index contributed by atoms with van der Waals surface area (Å²) < 4.78 is 11.0. The predicted molar refractivity (Wildman–Crippen MR) is 115 cm³/mol. The van der Waals surface area contributed by atoms with Crippen molar-refractivity contribution in [1.82, 2.24) is 10.1 Å². The number of hydrogen-bond acceptors (Lipinski definition) is 6. The molecule has 2 aromatic rings. The molecule has 0 spiro atoms. The first kappa shape index (κ1) is 21.5. The Bertz CT molecular complexity index is 818. The summed E-state index contributed by atoms with van der Waals surface area (Å²) in [6.45, 7) is 3.86. The van der Waals surface area contributed by atoms with Gasteiger partial charge >= 0.3 is 0 Å². The molecule has 1 amide bonds. The average Bonchev–Trinajstić information content (AvgIpc) is 3.43. The number of nitrogens with zero attached hydrogens (tertiary/aromatic N) is 3. The lowest BCUT2D eigenvalue weighted by Gasteiger charge is -2.32. The maximum atomic E-state index is 13.6. The Morgan fingerprint density at radius 1 is 1.21 bits per heavy atom. The van der Waals surface area contributed by atoms with E-state index in [2.05, 4.69) is 10.1 Å². The lowest BCUT2D eigenvalue weighted by molar-refractivity contribution is 0.0679. The fourth-order valence-corrected chi connectivity index (χ4v) is 4.16. The molecular weight excluding hydrogens is 392 g/mol. The van der Waals surface area contributed by atoms with Crippen LogP contribution in [0.5, 0.6) is 5.75 Å². The van der Waals surface area contributed by atoms with Gasteiger partial charge < -0.3 is 24.8 Å². The zero-order valence-electron chi connectivity index (χ0n) is 16.8. The Morgan fingerprint density at radius 3 is 2.59 bits per heavy atom. The quantitative estimate of drug-likeness (QED) is 0.799. The first-order valence-corrected chi connectivity index (χ1v) is 10.1. The molecule has 1 aromatic carbocycles. The summed E-state index contributed by atoms with van der Waals surface area (Å²) in [5.41, 5.74) is 7.28. The van der Waals surface area contributed by atoms with Gasteiger partial charge in [0.25, 0.3) is 5.91 Å². The number of rotatable bonds is 5. The molecule has 8 heteroatoms. The van der Waals surface area contributed by atoms with Crippen LogP contribution in [0, 0.1) is 5.92 Å². The SMILES string of the molecule is COc1ccc(-c2onc(N3CCCC3)c2C(=O)N2CCCC(CN)C2)cc1.Cl. The van der Waals surface area contributed by atoms with Crippen LogP contribution in [-0.2, 0) is 0 Å². The third-order valence-electron chi connectivity index (χ3n) is 5.79. The maximum absolute atomic E-state index is 13.6. The lowest BCUT2D eigenvalue weighted by atomic mass is 9.97. The van der Waals surface area contributed by atoms with E-state index < -0.39 is 0 Å². The Balaban J connectivity index is 0.00000240. The van der Waals surface area contributed by atoms with Crippen LogP contribution in [0.1, 0.15) is 36.0 Å². The summed E-state index contributed by atoms with van der Waals surface area (Å²) in [6, 6.07) is 7.55. The van der Waals surface area contributed by atoms with Gasteiger partial charge in [-0.05, 0) is 62.4 Å². The number of piperidine rings is 1. The zero-order chi connectivity index (χ0) is 19.5. The standard InChI is InChI=1S/C21H28N4O3.ClH/c1-27-17-8-6-16(7-9-17)19-18(20(23-28-19)24-10-2-3-11-24)21(26)25-12-4-5-15(13-22)14-25;/h6-9,15H,2-5,10-14,22H2,1H3;1H. The summed E-state index contributed by atoms with van der Waals surface area (Å²) in [4.78, 5) is 17.6. The number of benzene rings is 1. The second kappa shape index (κ2) is 9.50. The number of nitrogens with two attached hydrogens (primary N) is 1. The van der Waals surface area contributed by atoms with Crippen LogP contribution in [0.25, 0.3) is 11.3 Å². The largest absolute Gasteiger partial charge is 0.497 e. The van der Waals surface area contributed by atoms with Crippen LogP contribution < -0.4 is 15.4 Å². The normalized spacial score (nSPS) is 19.2. The highest BCUT2D eigenvalue weighted by Crippen LogP contribution is 2.35. The van der Waals surface area contributed by atoms with E-state index in [1.165, 1.54) is 0 Å². The third kappa shape index (κ3) is 4.36. The minimum absolute atomic E-state index is 0. The van der Waals surface area contributed by atoms with Crippen LogP contribution in [-0.4, -0.2) is 55.8 Å². The monoisotopic (exact) mass is 420 g/mol. The van der Waals surface area contributed by atoms with E-state index in [0.717, 1.165) is 56.6 Å². The molecule has 3 heterocycles. The van der Waals surface area contributed by atoms with E-state index in [0.29, 0.717) is 36.1 Å². The van der Waals surface area contributed by atoms with Crippen molar-refractivity contribution in [1.29, 1.82) is 0 Å². The number of hydrogen-bond donors (Lipinski definition) is 1. The van der Waals surface area contributed by atoms with Gasteiger partial charge in [-0.3, -0.25) is 4.79 Å². The number of carbonyl (C=O) groups is 1. The van der Waals surface area contributed by atoms with Crippen molar-refractivity contribution in [2.24, 2.45) is 11.7 Å². The van der Waals surface area contributed by atoms with Gasteiger partial charge in [-0.2, -0.15) is 0 Å². The molecule has 29 heavy (non-hydrogen) atoms. The van der Waals surface area contributed by atoms with Gasteiger partial charge in [0.2, 0.25) is 0 Å². The summed E-state index contributed by atoms with van der Waals surface area (Å²) >= 11 is 0. The lowest BCUT2D eigenvalue weighted by Crippen LogP contribution is -2.42. The maximum Gasteiger partial charge on any atom is 0.261 e. The van der Waals surface area contributed by atoms with Crippen LogP contribution in [0.15, 0.2) is 28.8 Å². The number of carbonyl (C=O) groups excluding carboxylic acids is 1. The van der Waals surface area contributed by atoms with Crippen molar-refractivity contribution in [2.45, 2.75) is 25.7 Å². The third-order valence-corrected chi connectivity index (χ3v) is 5.79. The molecular formula is C21H29ClN4O3. The topological polar surface area (TPSA) is 84.8 Å². The van der Waals surface area contributed by atoms with Crippen molar-refractivity contribution < 1.29 is 14.1 Å². The molecule has 2 N–H and O–H groups in total. The molecule has 7 nitrogen and oxygen atoms in total. The first-order chi connectivity index (χ1) is 13.7. The molecule has 0 radical (unpaired) electrons. The molecule has 4 rings (SSSR count). The van der Waals surface area contributed by atoms with Crippen molar-refractivity contribution in [2.75, 3.05) is 44.7 Å². The first-order valence-electron chi connectivity index (χ1n) is 10.1. The number of amides is 1. The summed E-state index contributed by atoms with van der Waals surface area (Å²) in [6.07, 6.45) is 4.28. The molecule has 1 aromatic heterocycles. The van der Waals surface area contributed by atoms with Crippen molar-refractivity contribution in [3.63, 3.8) is 0 Å². The molecule has 0 bridgehead atoms. The Kier molecular flexibility index (Phi) is 7.03. The van der Waals surface area contributed by atoms with Crippen LogP contribution in [0.4, 0.5) is 5.82 Å². The Labute approximate surface area is 177 Å². The molecule has 0 saturated carbocycles. The molecule has 0 aliphatic carbocycles. The summed E-state index contributed by atoms with van der Waals surface area (Å²) in [7, 11) is 1.63. The van der Waals surface area contributed by atoms with Gasteiger partial charge in [0.15, 0.2) is 11.6 Å². The molecule has 2 saturated heterocycles. The highest BCUT2D eigenvalue weighted by molar-refractivity contribution is 6.04. The van der Waals surface area contributed by atoms with E-state index in [9.17, 15) is 4.79 Å². The van der Waals surface area contributed by atoms with E-state index >= 15 is 0 Å². The average molecular weight is 421 g/mol. The summed E-state index contributed by atoms with van der Waals surface area (Å²) in [5.74, 6) is 2.31. The Hall–Kier alpha value is -2.25. The predicted octanol–water partition coefficient (Wildman–Crippen LogP) is 3.18. The highest BCUT2D eigenvalue weighted by Gasteiger charge is 2.33. The smallest absolute Gasteiger partial charge is 0.261 e. The molecule has 158 valence electrons. The summed E-state index contributed by atoms with van der Waals surface area (Å²) in [5, 5.41) is 4.32. The number of methoxy groups -OCH3 is 1. The van der Waals surface area contributed by atoms with Crippen LogP contribution >= 0.6 is 12.4 Å². The van der Waals surface area contributed by atoms with Gasteiger partial charge in [0.05, 0.1) is 7.11 Å². The number of aromatic nitrogens is 1. The van der Waals surface area contributed by atoms with Gasteiger partial charge in [-0.15, -0.1) is 12.4 Å². The molecule has 2 aliphatic heterocycles. The fourth-order valence-electron chi connectivity index (χ4n) is 4.16. The highest BCUT2D eigenvalue weighted by atomic mass is 35.5. The van der Waals surface area contributed by atoms with Crippen molar-refractivity contribution >= 4 is 24.1 Å². The second-order valence-corrected chi connectivity index (χ2v) is 7.63. The van der Waals surface area contributed by atoms with E-state index in [1.807, 2.05) is 29.2 Å². The number of likely N-dealkylation sites (tertiary alicyclic amines) is 1. The van der Waals surface area contributed by atoms with E-state index in [4.69, 9.17) is 15.0 Å². The van der Waals surface area contributed by atoms with Gasteiger partial charge in [-0.25, -0.2) is 0 Å². The second-order valence-electron chi connectivity index (χ2n) is 7.63. The number of halogens is 1. The molecule has 1 atom stereocenters. The van der Waals surface area contributed by atoms with Crippen LogP contribution in [0.3, 0.4) is 0 Å². The molecule has 2 aliphatic rings. The van der Waals surface area contributed by atoms with Gasteiger partial charge in [-0.1, -0.05) is 5.16 Å². The van der Waals surface area contributed by atoms with Crippen molar-refractivity contribution in [3.05, 3.63) is 29.8 Å². The Morgan fingerprint density at radius 2 is 1.93 bits per heavy atom. The zero-order valence-corrected chi connectivity index (χ0v) is 17.6. The van der Waals surface area contributed by atoms with Gasteiger partial charge in [0.1, 0.15) is 11.3 Å².